The van der Waals surface area contributed by atoms with Gasteiger partial charge in [-0.3, -0.25) is 4.98 Å². The minimum atomic E-state index is 0.799. The Balaban J connectivity index is 2.15. The molecule has 0 atom stereocenters. The lowest BCUT2D eigenvalue weighted by molar-refractivity contribution is 0.754. The molecule has 0 aliphatic rings. The van der Waals surface area contributed by atoms with E-state index >= 15 is 0 Å². The van der Waals surface area contributed by atoms with E-state index in [0.29, 0.717) is 0 Å². The molecule has 1 aromatic carbocycles. The molecular formula is C15H19N3. The summed E-state index contributed by atoms with van der Waals surface area (Å²) in [5.41, 5.74) is 8.80. The number of nitrogen functional groups attached to an aromatic ring is 1. The highest BCUT2D eigenvalue weighted by Crippen LogP contribution is 2.18. The lowest BCUT2D eigenvalue weighted by Gasteiger charge is -2.24. The van der Waals surface area contributed by atoms with Gasteiger partial charge in [0.1, 0.15) is 0 Å². The molecule has 1 aromatic heterocycles. The summed E-state index contributed by atoms with van der Waals surface area (Å²) in [6, 6.07) is 14.0. The summed E-state index contributed by atoms with van der Waals surface area (Å²) in [6.07, 6.45) is 2.94. The van der Waals surface area contributed by atoms with E-state index in [1.165, 1.54) is 5.69 Å². The molecule has 0 saturated carbocycles. The zero-order valence-electron chi connectivity index (χ0n) is 10.7. The molecule has 3 heteroatoms. The Morgan fingerprint density at radius 1 is 1.11 bits per heavy atom. The van der Waals surface area contributed by atoms with Crippen molar-refractivity contribution in [1.29, 1.82) is 0 Å². The zero-order chi connectivity index (χ0) is 12.8. The summed E-state index contributed by atoms with van der Waals surface area (Å²) in [7, 11) is 0. The van der Waals surface area contributed by atoms with Crippen LogP contribution >= 0.6 is 0 Å². The van der Waals surface area contributed by atoms with E-state index in [1.807, 2.05) is 30.5 Å². The molecular weight excluding hydrogens is 222 g/mol. The van der Waals surface area contributed by atoms with Gasteiger partial charge in [0.15, 0.2) is 0 Å². The fourth-order valence-corrected chi connectivity index (χ4v) is 1.94. The average molecular weight is 241 g/mol. The highest BCUT2D eigenvalue weighted by Gasteiger charge is 2.06. The maximum atomic E-state index is 5.72. The first-order valence-corrected chi connectivity index (χ1v) is 6.30. The number of hydrogen-bond donors (Lipinski definition) is 1. The fourth-order valence-electron chi connectivity index (χ4n) is 1.94. The van der Waals surface area contributed by atoms with Crippen LogP contribution in [-0.4, -0.2) is 11.5 Å². The van der Waals surface area contributed by atoms with Crippen LogP contribution in [0.3, 0.4) is 0 Å². The highest BCUT2D eigenvalue weighted by molar-refractivity contribution is 5.53. The van der Waals surface area contributed by atoms with E-state index in [9.17, 15) is 0 Å². The Morgan fingerprint density at radius 3 is 2.50 bits per heavy atom. The molecule has 2 N–H and O–H groups in total. The first-order chi connectivity index (χ1) is 8.79. The Labute approximate surface area is 108 Å². The quantitative estimate of drug-likeness (QED) is 0.818. The van der Waals surface area contributed by atoms with Crippen molar-refractivity contribution in [2.75, 3.05) is 17.2 Å². The second-order valence-electron chi connectivity index (χ2n) is 4.33. The Morgan fingerprint density at radius 2 is 1.89 bits per heavy atom. The lowest BCUT2D eigenvalue weighted by atomic mass is 10.2. The molecule has 2 rings (SSSR count). The van der Waals surface area contributed by atoms with Crippen molar-refractivity contribution < 1.29 is 0 Å². The van der Waals surface area contributed by atoms with Crippen LogP contribution in [0.15, 0.2) is 48.7 Å². The third-order valence-corrected chi connectivity index (χ3v) is 2.83. The molecule has 0 unspecified atom stereocenters. The molecule has 0 saturated heterocycles. The summed E-state index contributed by atoms with van der Waals surface area (Å²) < 4.78 is 0. The number of pyridine rings is 1. The average Bonchev–Trinajstić information content (AvgIpc) is 2.40. The molecule has 94 valence electrons. The zero-order valence-corrected chi connectivity index (χ0v) is 10.7. The lowest BCUT2D eigenvalue weighted by Crippen LogP contribution is -2.23. The van der Waals surface area contributed by atoms with Crippen LogP contribution in [0.25, 0.3) is 0 Å². The van der Waals surface area contributed by atoms with E-state index < -0.39 is 0 Å². The van der Waals surface area contributed by atoms with Crippen LogP contribution in [0, 0.1) is 0 Å². The summed E-state index contributed by atoms with van der Waals surface area (Å²) in [6.45, 7) is 4.03. The molecule has 0 amide bonds. The van der Waals surface area contributed by atoms with Crippen LogP contribution in [0.2, 0.25) is 0 Å². The van der Waals surface area contributed by atoms with Gasteiger partial charge in [-0.25, -0.2) is 0 Å². The second kappa shape index (κ2) is 6.05. The first kappa shape index (κ1) is 12.4. The Hall–Kier alpha value is -2.03. The van der Waals surface area contributed by atoms with Crippen LogP contribution in [0.4, 0.5) is 11.4 Å². The molecule has 0 radical (unpaired) electrons. The van der Waals surface area contributed by atoms with Crippen LogP contribution in [0.1, 0.15) is 19.0 Å². The fraction of sp³-hybridized carbons (Fsp3) is 0.267. The van der Waals surface area contributed by atoms with Gasteiger partial charge in [-0.1, -0.05) is 13.0 Å². The molecule has 2 aromatic rings. The van der Waals surface area contributed by atoms with Gasteiger partial charge in [0.05, 0.1) is 12.2 Å². The summed E-state index contributed by atoms with van der Waals surface area (Å²) in [5.74, 6) is 0. The van der Waals surface area contributed by atoms with Crippen molar-refractivity contribution in [3.05, 3.63) is 54.4 Å². The number of rotatable bonds is 5. The van der Waals surface area contributed by atoms with Crippen molar-refractivity contribution in [3.63, 3.8) is 0 Å². The van der Waals surface area contributed by atoms with Crippen molar-refractivity contribution in [3.8, 4) is 0 Å². The summed E-state index contributed by atoms with van der Waals surface area (Å²) in [5, 5.41) is 0. The van der Waals surface area contributed by atoms with Crippen LogP contribution < -0.4 is 10.6 Å². The third-order valence-electron chi connectivity index (χ3n) is 2.83. The van der Waals surface area contributed by atoms with Gasteiger partial charge in [0, 0.05) is 24.1 Å². The smallest absolute Gasteiger partial charge is 0.0602 e. The largest absolute Gasteiger partial charge is 0.399 e. The van der Waals surface area contributed by atoms with Crippen molar-refractivity contribution in [2.24, 2.45) is 0 Å². The first-order valence-electron chi connectivity index (χ1n) is 6.30. The van der Waals surface area contributed by atoms with E-state index in [1.54, 1.807) is 0 Å². The van der Waals surface area contributed by atoms with Gasteiger partial charge >= 0.3 is 0 Å². The topological polar surface area (TPSA) is 42.2 Å². The minimum absolute atomic E-state index is 0.799. The molecule has 3 nitrogen and oxygen atoms in total. The van der Waals surface area contributed by atoms with E-state index in [2.05, 4.69) is 35.0 Å². The molecule has 0 aliphatic heterocycles. The van der Waals surface area contributed by atoms with Gasteiger partial charge in [-0.15, -0.1) is 0 Å². The number of anilines is 2. The SMILES string of the molecule is CCCN(Cc1ccccn1)c1ccc(N)cc1. The number of benzene rings is 1. The van der Waals surface area contributed by atoms with Gasteiger partial charge in [0.2, 0.25) is 0 Å². The Kier molecular flexibility index (Phi) is 4.18. The number of nitrogens with zero attached hydrogens (tertiary/aromatic N) is 2. The minimum Gasteiger partial charge on any atom is -0.399 e. The van der Waals surface area contributed by atoms with Crippen molar-refractivity contribution in [1.82, 2.24) is 4.98 Å². The van der Waals surface area contributed by atoms with E-state index in [0.717, 1.165) is 30.9 Å². The molecule has 1 heterocycles. The highest BCUT2D eigenvalue weighted by atomic mass is 15.1. The maximum Gasteiger partial charge on any atom is 0.0602 e. The normalized spacial score (nSPS) is 10.3. The molecule has 0 spiro atoms. The van der Waals surface area contributed by atoms with Crippen LogP contribution in [0.5, 0.6) is 0 Å². The van der Waals surface area contributed by atoms with E-state index in [4.69, 9.17) is 5.73 Å². The number of hydrogen-bond acceptors (Lipinski definition) is 3. The summed E-state index contributed by atoms with van der Waals surface area (Å²) >= 11 is 0. The van der Waals surface area contributed by atoms with E-state index in [-0.39, 0.29) is 0 Å². The summed E-state index contributed by atoms with van der Waals surface area (Å²) in [4.78, 5) is 6.70. The van der Waals surface area contributed by atoms with Gasteiger partial charge < -0.3 is 10.6 Å². The molecule has 18 heavy (non-hydrogen) atoms. The van der Waals surface area contributed by atoms with Gasteiger partial charge in [0.25, 0.3) is 0 Å². The van der Waals surface area contributed by atoms with Crippen molar-refractivity contribution in [2.45, 2.75) is 19.9 Å². The maximum absolute atomic E-state index is 5.72. The standard InChI is InChI=1S/C15H19N3/c1-2-11-18(12-14-5-3-4-10-17-14)15-8-6-13(16)7-9-15/h3-10H,2,11-12,16H2,1H3. The molecule has 0 bridgehead atoms. The monoisotopic (exact) mass is 241 g/mol. The Bertz CT molecular complexity index is 465. The van der Waals surface area contributed by atoms with Crippen LogP contribution in [-0.2, 0) is 6.54 Å². The third kappa shape index (κ3) is 3.23. The van der Waals surface area contributed by atoms with Gasteiger partial charge in [-0.2, -0.15) is 0 Å². The number of aromatic nitrogens is 1. The molecule has 0 aliphatic carbocycles. The second-order valence-corrected chi connectivity index (χ2v) is 4.33. The predicted octanol–water partition coefficient (Wildman–Crippen LogP) is 3.08. The predicted molar refractivity (Wildman–Crippen MR) is 76.4 cm³/mol. The number of nitrogens with two attached hydrogens (primary N) is 1. The molecule has 0 fully saturated rings. The van der Waals surface area contributed by atoms with Gasteiger partial charge in [-0.05, 0) is 42.8 Å². The van der Waals surface area contributed by atoms with Crippen molar-refractivity contribution >= 4 is 11.4 Å².